The summed E-state index contributed by atoms with van der Waals surface area (Å²) < 4.78 is 5.51. The van der Waals surface area contributed by atoms with Gasteiger partial charge in [0.15, 0.2) is 0 Å². The highest BCUT2D eigenvalue weighted by molar-refractivity contribution is 5.38. The van der Waals surface area contributed by atoms with E-state index < -0.39 is 0 Å². The Labute approximate surface area is 85.5 Å². The zero-order valence-corrected chi connectivity index (χ0v) is 9.08. The van der Waals surface area contributed by atoms with E-state index in [1.165, 1.54) is 0 Å². The molecule has 0 aliphatic rings. The van der Waals surface area contributed by atoms with Crippen LogP contribution in [0, 0.1) is 0 Å². The van der Waals surface area contributed by atoms with Crippen molar-refractivity contribution in [2.24, 2.45) is 0 Å². The molecule has 1 aromatic carbocycles. The third-order valence-electron chi connectivity index (χ3n) is 2.31. The van der Waals surface area contributed by atoms with Crippen molar-refractivity contribution in [1.82, 2.24) is 0 Å². The van der Waals surface area contributed by atoms with E-state index in [9.17, 15) is 5.11 Å². The summed E-state index contributed by atoms with van der Waals surface area (Å²) in [6, 6.07) is 7.86. The highest BCUT2D eigenvalue weighted by atomic mass is 16.5. The Balaban J connectivity index is 3.06. The van der Waals surface area contributed by atoms with E-state index in [1.54, 1.807) is 0 Å². The van der Waals surface area contributed by atoms with Crippen molar-refractivity contribution >= 4 is 0 Å². The summed E-state index contributed by atoms with van der Waals surface area (Å²) in [5.74, 6) is 0.869. The maximum Gasteiger partial charge on any atom is 0.123 e. The fourth-order valence-electron chi connectivity index (χ4n) is 1.39. The number of benzene rings is 1. The summed E-state index contributed by atoms with van der Waals surface area (Å²) in [6.07, 6.45) is 0. The van der Waals surface area contributed by atoms with E-state index in [1.807, 2.05) is 45.0 Å². The van der Waals surface area contributed by atoms with Gasteiger partial charge in [0, 0.05) is 11.0 Å². The minimum Gasteiger partial charge on any atom is -0.494 e. The van der Waals surface area contributed by atoms with Gasteiger partial charge in [0.05, 0.1) is 13.2 Å². The van der Waals surface area contributed by atoms with Crippen LogP contribution >= 0.6 is 0 Å². The fraction of sp³-hybridized carbons (Fsp3) is 0.500. The normalized spacial score (nSPS) is 11.4. The lowest BCUT2D eigenvalue weighted by atomic mass is 9.85. The summed E-state index contributed by atoms with van der Waals surface area (Å²) in [5.41, 5.74) is 0.815. The van der Waals surface area contributed by atoms with Gasteiger partial charge in [0.1, 0.15) is 5.75 Å². The van der Waals surface area contributed by atoms with Gasteiger partial charge in [-0.2, -0.15) is 0 Å². The van der Waals surface area contributed by atoms with Gasteiger partial charge in [-0.1, -0.05) is 32.0 Å². The molecule has 0 bridgehead atoms. The Morgan fingerprint density at radius 2 is 1.93 bits per heavy atom. The van der Waals surface area contributed by atoms with Crippen LogP contribution < -0.4 is 4.74 Å². The van der Waals surface area contributed by atoms with Gasteiger partial charge in [-0.05, 0) is 13.0 Å². The summed E-state index contributed by atoms with van der Waals surface area (Å²) in [5, 5.41) is 9.28. The zero-order valence-electron chi connectivity index (χ0n) is 9.08. The first-order valence-corrected chi connectivity index (χ1v) is 4.95. The second-order valence-electron chi connectivity index (χ2n) is 3.97. The van der Waals surface area contributed by atoms with E-state index in [-0.39, 0.29) is 12.0 Å². The van der Waals surface area contributed by atoms with Crippen LogP contribution in [-0.2, 0) is 5.41 Å². The first-order valence-electron chi connectivity index (χ1n) is 4.95. The third-order valence-corrected chi connectivity index (χ3v) is 2.31. The Bertz CT molecular complexity index is 292. The number of ether oxygens (including phenoxy) is 1. The van der Waals surface area contributed by atoms with E-state index in [0.717, 1.165) is 11.3 Å². The lowest BCUT2D eigenvalue weighted by Crippen LogP contribution is -2.23. The third kappa shape index (κ3) is 2.26. The molecule has 0 unspecified atom stereocenters. The van der Waals surface area contributed by atoms with Crippen molar-refractivity contribution in [2.45, 2.75) is 26.2 Å². The molecule has 0 atom stereocenters. The molecule has 0 aliphatic heterocycles. The summed E-state index contributed by atoms with van der Waals surface area (Å²) in [6.45, 7) is 6.74. The van der Waals surface area contributed by atoms with E-state index >= 15 is 0 Å². The van der Waals surface area contributed by atoms with Crippen LogP contribution in [0.15, 0.2) is 24.3 Å². The number of aliphatic hydroxyl groups is 1. The molecular formula is C12H18O2. The van der Waals surface area contributed by atoms with E-state index in [4.69, 9.17) is 4.74 Å². The molecule has 1 aromatic rings. The van der Waals surface area contributed by atoms with Crippen molar-refractivity contribution in [3.05, 3.63) is 29.8 Å². The van der Waals surface area contributed by atoms with Gasteiger partial charge in [0.25, 0.3) is 0 Å². The van der Waals surface area contributed by atoms with Crippen LogP contribution in [0.5, 0.6) is 5.75 Å². The molecule has 2 heteroatoms. The number of rotatable bonds is 4. The maximum absolute atomic E-state index is 9.28. The van der Waals surface area contributed by atoms with E-state index in [0.29, 0.717) is 6.61 Å². The Hall–Kier alpha value is -1.02. The first kappa shape index (κ1) is 11.1. The molecule has 0 fully saturated rings. The summed E-state index contributed by atoms with van der Waals surface area (Å²) in [4.78, 5) is 0. The van der Waals surface area contributed by atoms with E-state index in [2.05, 4.69) is 0 Å². The smallest absolute Gasteiger partial charge is 0.123 e. The fourth-order valence-corrected chi connectivity index (χ4v) is 1.39. The van der Waals surface area contributed by atoms with Gasteiger partial charge >= 0.3 is 0 Å². The number of para-hydroxylation sites is 1. The van der Waals surface area contributed by atoms with Crippen LogP contribution in [0.4, 0.5) is 0 Å². The van der Waals surface area contributed by atoms with Crippen molar-refractivity contribution < 1.29 is 9.84 Å². The molecule has 0 aromatic heterocycles. The summed E-state index contributed by atoms with van der Waals surface area (Å²) in [7, 11) is 0. The first-order chi connectivity index (χ1) is 6.61. The van der Waals surface area contributed by atoms with Crippen molar-refractivity contribution in [3.63, 3.8) is 0 Å². The average Bonchev–Trinajstić information content (AvgIpc) is 2.19. The predicted molar refractivity (Wildman–Crippen MR) is 57.7 cm³/mol. The topological polar surface area (TPSA) is 29.5 Å². The molecule has 0 radical (unpaired) electrons. The molecule has 0 aliphatic carbocycles. The van der Waals surface area contributed by atoms with Crippen LogP contribution in [0.2, 0.25) is 0 Å². The minimum absolute atomic E-state index is 0.122. The standard InChI is InChI=1S/C12H18O2/c1-4-14-11-8-6-5-7-10(11)12(2,3)9-13/h5-8,13H,4,9H2,1-3H3. The molecular weight excluding hydrogens is 176 g/mol. The molecule has 14 heavy (non-hydrogen) atoms. The molecule has 2 nitrogen and oxygen atoms in total. The van der Waals surface area contributed by atoms with Crippen molar-refractivity contribution in [3.8, 4) is 5.75 Å². The van der Waals surface area contributed by atoms with Crippen LogP contribution in [-0.4, -0.2) is 18.3 Å². The monoisotopic (exact) mass is 194 g/mol. The number of hydrogen-bond acceptors (Lipinski definition) is 2. The lowest BCUT2D eigenvalue weighted by molar-refractivity contribution is 0.213. The van der Waals surface area contributed by atoms with Gasteiger partial charge < -0.3 is 9.84 Å². The molecule has 78 valence electrons. The molecule has 1 N–H and O–H groups in total. The second kappa shape index (κ2) is 4.47. The molecule has 1 rings (SSSR count). The highest BCUT2D eigenvalue weighted by Crippen LogP contribution is 2.30. The van der Waals surface area contributed by atoms with Gasteiger partial charge in [-0.15, -0.1) is 0 Å². The van der Waals surface area contributed by atoms with Crippen LogP contribution in [0.25, 0.3) is 0 Å². The van der Waals surface area contributed by atoms with Gasteiger partial charge in [0.2, 0.25) is 0 Å². The Kier molecular flexibility index (Phi) is 3.53. The largest absolute Gasteiger partial charge is 0.494 e. The number of hydrogen-bond donors (Lipinski definition) is 1. The molecule has 0 amide bonds. The SMILES string of the molecule is CCOc1ccccc1C(C)(C)CO. The van der Waals surface area contributed by atoms with Crippen LogP contribution in [0.1, 0.15) is 26.3 Å². The van der Waals surface area contributed by atoms with Gasteiger partial charge in [-0.3, -0.25) is 0 Å². The average molecular weight is 194 g/mol. The Morgan fingerprint density at radius 1 is 1.29 bits per heavy atom. The molecule has 0 heterocycles. The molecule has 0 saturated heterocycles. The quantitative estimate of drug-likeness (QED) is 0.797. The summed E-state index contributed by atoms with van der Waals surface area (Å²) >= 11 is 0. The van der Waals surface area contributed by atoms with Crippen molar-refractivity contribution in [2.75, 3.05) is 13.2 Å². The zero-order chi connectivity index (χ0) is 10.6. The highest BCUT2D eigenvalue weighted by Gasteiger charge is 2.22. The molecule has 0 saturated carbocycles. The molecule has 0 spiro atoms. The maximum atomic E-state index is 9.28. The Morgan fingerprint density at radius 3 is 2.50 bits per heavy atom. The predicted octanol–water partition coefficient (Wildman–Crippen LogP) is 2.36. The van der Waals surface area contributed by atoms with Gasteiger partial charge in [-0.25, -0.2) is 0 Å². The second-order valence-corrected chi connectivity index (χ2v) is 3.97. The van der Waals surface area contributed by atoms with Crippen molar-refractivity contribution in [1.29, 1.82) is 0 Å². The minimum atomic E-state index is -0.244. The van der Waals surface area contributed by atoms with Crippen LogP contribution in [0.3, 0.4) is 0 Å². The lowest BCUT2D eigenvalue weighted by Gasteiger charge is -2.24. The number of aliphatic hydroxyl groups excluding tert-OH is 1.